The SMILES string of the molecule is C=C[C@H]([C@H](O)CC/C(=C/c1ccc(CO)o1)c1ccccc1)[C@@H](C)O. The highest BCUT2D eigenvalue weighted by Crippen LogP contribution is 2.26. The van der Waals surface area contributed by atoms with Crippen LogP contribution in [0, 0.1) is 5.92 Å². The molecule has 0 aliphatic rings. The standard InChI is InChI=1S/C21H26O4/c1-3-20(15(2)23)21(24)12-9-17(16-7-5-4-6-8-16)13-18-10-11-19(14-22)25-18/h3-8,10-11,13,15,20-24H,1,9,12,14H2,2H3/b17-13-/t15-,20+,21-/m1/s1. The Bertz CT molecular complexity index is 685. The molecule has 1 aromatic heterocycles. The van der Waals surface area contributed by atoms with Crippen LogP contribution in [0.2, 0.25) is 0 Å². The van der Waals surface area contributed by atoms with Crippen molar-refractivity contribution in [1.82, 2.24) is 0 Å². The van der Waals surface area contributed by atoms with E-state index >= 15 is 0 Å². The number of rotatable bonds is 9. The van der Waals surface area contributed by atoms with Gasteiger partial charge >= 0.3 is 0 Å². The Hall–Kier alpha value is -2.14. The molecule has 0 radical (unpaired) electrons. The van der Waals surface area contributed by atoms with Crippen LogP contribution in [0.25, 0.3) is 11.6 Å². The molecule has 3 atom stereocenters. The molecular formula is C21H26O4. The lowest BCUT2D eigenvalue weighted by molar-refractivity contribution is 0.0429. The van der Waals surface area contributed by atoms with Gasteiger partial charge in [-0.25, -0.2) is 0 Å². The molecular weight excluding hydrogens is 316 g/mol. The van der Waals surface area contributed by atoms with Crippen LogP contribution >= 0.6 is 0 Å². The minimum Gasteiger partial charge on any atom is -0.459 e. The van der Waals surface area contributed by atoms with E-state index in [1.54, 1.807) is 19.1 Å². The van der Waals surface area contributed by atoms with E-state index in [4.69, 9.17) is 9.52 Å². The summed E-state index contributed by atoms with van der Waals surface area (Å²) < 4.78 is 5.55. The van der Waals surface area contributed by atoms with Crippen LogP contribution in [0.3, 0.4) is 0 Å². The summed E-state index contributed by atoms with van der Waals surface area (Å²) >= 11 is 0. The van der Waals surface area contributed by atoms with Crippen molar-refractivity contribution in [2.24, 2.45) is 5.92 Å². The zero-order chi connectivity index (χ0) is 18.2. The number of hydrogen-bond donors (Lipinski definition) is 3. The van der Waals surface area contributed by atoms with E-state index in [9.17, 15) is 10.2 Å². The van der Waals surface area contributed by atoms with E-state index in [0.29, 0.717) is 24.4 Å². The number of hydrogen-bond acceptors (Lipinski definition) is 4. The summed E-state index contributed by atoms with van der Waals surface area (Å²) in [4.78, 5) is 0. The Morgan fingerprint density at radius 3 is 2.44 bits per heavy atom. The van der Waals surface area contributed by atoms with Crippen molar-refractivity contribution in [3.63, 3.8) is 0 Å². The van der Waals surface area contributed by atoms with Gasteiger partial charge in [0.1, 0.15) is 18.1 Å². The highest BCUT2D eigenvalue weighted by Gasteiger charge is 2.21. The fourth-order valence-corrected chi connectivity index (χ4v) is 2.85. The maximum atomic E-state index is 10.4. The van der Waals surface area contributed by atoms with Crippen molar-refractivity contribution in [2.75, 3.05) is 0 Å². The lowest BCUT2D eigenvalue weighted by atomic mass is 9.90. The van der Waals surface area contributed by atoms with Crippen molar-refractivity contribution in [2.45, 2.75) is 38.6 Å². The van der Waals surface area contributed by atoms with Crippen LogP contribution in [-0.4, -0.2) is 27.5 Å². The highest BCUT2D eigenvalue weighted by molar-refractivity contribution is 5.80. The molecule has 1 heterocycles. The van der Waals surface area contributed by atoms with Crippen LogP contribution in [0.4, 0.5) is 0 Å². The molecule has 134 valence electrons. The van der Waals surface area contributed by atoms with Crippen LogP contribution in [-0.2, 0) is 6.61 Å². The molecule has 0 aliphatic heterocycles. The fraction of sp³-hybridized carbons (Fsp3) is 0.333. The van der Waals surface area contributed by atoms with Gasteiger partial charge in [-0.1, -0.05) is 36.4 Å². The van der Waals surface area contributed by atoms with E-state index in [1.807, 2.05) is 42.5 Å². The van der Waals surface area contributed by atoms with Gasteiger partial charge in [0.2, 0.25) is 0 Å². The van der Waals surface area contributed by atoms with Crippen LogP contribution in [0.1, 0.15) is 36.8 Å². The van der Waals surface area contributed by atoms with Crippen LogP contribution in [0.15, 0.2) is 59.5 Å². The monoisotopic (exact) mass is 342 g/mol. The zero-order valence-corrected chi connectivity index (χ0v) is 14.5. The first-order chi connectivity index (χ1) is 12.0. The number of furan rings is 1. The van der Waals surface area contributed by atoms with Gasteiger partial charge in [-0.05, 0) is 49.1 Å². The smallest absolute Gasteiger partial charge is 0.130 e. The van der Waals surface area contributed by atoms with Gasteiger partial charge in [0.15, 0.2) is 0 Å². The largest absolute Gasteiger partial charge is 0.459 e. The molecule has 0 spiro atoms. The van der Waals surface area contributed by atoms with E-state index in [2.05, 4.69) is 6.58 Å². The van der Waals surface area contributed by atoms with E-state index in [1.165, 1.54) is 0 Å². The Balaban J connectivity index is 2.19. The molecule has 2 rings (SSSR count). The minimum atomic E-state index is -0.672. The third-order valence-electron chi connectivity index (χ3n) is 4.28. The van der Waals surface area contributed by atoms with E-state index < -0.39 is 12.2 Å². The Morgan fingerprint density at radius 2 is 1.88 bits per heavy atom. The van der Waals surface area contributed by atoms with Gasteiger partial charge in [0.25, 0.3) is 0 Å². The Kier molecular flexibility index (Phi) is 7.19. The molecule has 0 saturated carbocycles. The summed E-state index contributed by atoms with van der Waals surface area (Å²) in [7, 11) is 0. The highest BCUT2D eigenvalue weighted by atomic mass is 16.4. The first-order valence-electron chi connectivity index (χ1n) is 8.49. The first kappa shape index (κ1) is 19.2. The third-order valence-corrected chi connectivity index (χ3v) is 4.28. The molecule has 0 saturated heterocycles. The molecule has 0 unspecified atom stereocenters. The van der Waals surface area contributed by atoms with Gasteiger partial charge in [-0.15, -0.1) is 6.58 Å². The molecule has 1 aromatic carbocycles. The van der Waals surface area contributed by atoms with E-state index in [0.717, 1.165) is 11.1 Å². The topological polar surface area (TPSA) is 73.8 Å². The summed E-state index contributed by atoms with van der Waals surface area (Å²) in [6.07, 6.45) is 3.32. The molecule has 0 amide bonds. The predicted molar refractivity (Wildman–Crippen MR) is 99.6 cm³/mol. The molecule has 2 aromatic rings. The van der Waals surface area contributed by atoms with Gasteiger partial charge in [0, 0.05) is 5.92 Å². The van der Waals surface area contributed by atoms with E-state index in [-0.39, 0.29) is 12.5 Å². The van der Waals surface area contributed by atoms with Crippen molar-refractivity contribution >= 4 is 11.6 Å². The maximum Gasteiger partial charge on any atom is 0.130 e. The molecule has 3 N–H and O–H groups in total. The van der Waals surface area contributed by atoms with Crippen molar-refractivity contribution in [3.8, 4) is 0 Å². The lowest BCUT2D eigenvalue weighted by Crippen LogP contribution is -2.28. The predicted octanol–water partition coefficient (Wildman–Crippen LogP) is 3.64. The molecule has 25 heavy (non-hydrogen) atoms. The van der Waals surface area contributed by atoms with Crippen molar-refractivity contribution in [3.05, 3.63) is 72.2 Å². The van der Waals surface area contributed by atoms with Gasteiger partial charge in [-0.2, -0.15) is 0 Å². The third kappa shape index (κ3) is 5.43. The molecule has 0 fully saturated rings. The van der Waals surface area contributed by atoms with Crippen molar-refractivity contribution in [1.29, 1.82) is 0 Å². The summed E-state index contributed by atoms with van der Waals surface area (Å²) in [5.74, 6) is 0.814. The number of aliphatic hydroxyl groups is 3. The zero-order valence-electron chi connectivity index (χ0n) is 14.5. The second-order valence-corrected chi connectivity index (χ2v) is 6.16. The summed E-state index contributed by atoms with van der Waals surface area (Å²) in [6, 6.07) is 13.4. The molecule has 0 aliphatic carbocycles. The average molecular weight is 342 g/mol. The number of benzene rings is 1. The van der Waals surface area contributed by atoms with Gasteiger partial charge < -0.3 is 19.7 Å². The Morgan fingerprint density at radius 1 is 1.16 bits per heavy atom. The normalized spacial score (nSPS) is 15.6. The van der Waals surface area contributed by atoms with Crippen LogP contribution in [0.5, 0.6) is 0 Å². The minimum absolute atomic E-state index is 0.136. The summed E-state index contributed by atoms with van der Waals surface area (Å²) in [5, 5.41) is 29.3. The molecule has 0 bridgehead atoms. The second-order valence-electron chi connectivity index (χ2n) is 6.16. The second kappa shape index (κ2) is 9.37. The first-order valence-corrected chi connectivity index (χ1v) is 8.49. The Labute approximate surface area is 148 Å². The maximum absolute atomic E-state index is 10.4. The number of allylic oxidation sites excluding steroid dienone is 1. The van der Waals surface area contributed by atoms with Crippen molar-refractivity contribution < 1.29 is 19.7 Å². The average Bonchev–Trinajstić information content (AvgIpc) is 3.07. The quantitative estimate of drug-likeness (QED) is 0.608. The summed E-state index contributed by atoms with van der Waals surface area (Å²) in [5.41, 5.74) is 2.07. The van der Waals surface area contributed by atoms with Gasteiger partial charge in [0.05, 0.1) is 12.2 Å². The summed E-state index contributed by atoms with van der Waals surface area (Å²) in [6.45, 7) is 5.21. The number of aliphatic hydroxyl groups excluding tert-OH is 3. The van der Waals surface area contributed by atoms with Crippen LogP contribution < -0.4 is 0 Å². The lowest BCUT2D eigenvalue weighted by Gasteiger charge is -2.22. The molecule has 4 heteroatoms. The molecule has 4 nitrogen and oxygen atoms in total. The fourth-order valence-electron chi connectivity index (χ4n) is 2.85. The van der Waals surface area contributed by atoms with Gasteiger partial charge in [-0.3, -0.25) is 0 Å².